The number of aromatic carboxylic acids is 1. The summed E-state index contributed by atoms with van der Waals surface area (Å²) >= 11 is 1.24. The summed E-state index contributed by atoms with van der Waals surface area (Å²) in [6.45, 7) is 7.34. The monoisotopic (exact) mass is 317 g/mol. The Labute approximate surface area is 133 Å². The molecule has 0 aliphatic carbocycles. The molecule has 5 heteroatoms. The third-order valence-corrected chi connectivity index (χ3v) is 4.17. The molecule has 2 rings (SSSR count). The molecule has 0 spiro atoms. The first kappa shape index (κ1) is 16.2. The lowest BCUT2D eigenvalue weighted by atomic mass is 9.95. The first-order valence-electron chi connectivity index (χ1n) is 6.93. The maximum atomic E-state index is 12.1. The van der Waals surface area contributed by atoms with E-state index < -0.39 is 11.4 Å². The molecule has 0 atom stereocenters. The molecule has 0 unspecified atom stereocenters. The van der Waals surface area contributed by atoms with E-state index in [1.807, 2.05) is 31.2 Å². The van der Waals surface area contributed by atoms with E-state index in [4.69, 9.17) is 0 Å². The number of carbonyl (C=O) groups is 2. The predicted molar refractivity (Wildman–Crippen MR) is 89.5 cm³/mol. The SMILES string of the molecule is Cc1ccc(-c2csc(NC(=O)C(C)(C)C)c2C(=O)O)cc1. The number of thiophene rings is 1. The minimum absolute atomic E-state index is 0.145. The quantitative estimate of drug-likeness (QED) is 0.881. The summed E-state index contributed by atoms with van der Waals surface area (Å²) in [7, 11) is 0. The third kappa shape index (κ3) is 3.36. The maximum Gasteiger partial charge on any atom is 0.339 e. The summed E-state index contributed by atoms with van der Waals surface area (Å²) in [5, 5.41) is 14.4. The molecule has 0 saturated heterocycles. The largest absolute Gasteiger partial charge is 0.478 e. The molecule has 0 aliphatic heterocycles. The highest BCUT2D eigenvalue weighted by Crippen LogP contribution is 2.36. The molecule has 116 valence electrons. The lowest BCUT2D eigenvalue weighted by Crippen LogP contribution is -2.27. The van der Waals surface area contributed by atoms with Crippen LogP contribution in [0.3, 0.4) is 0 Å². The van der Waals surface area contributed by atoms with Gasteiger partial charge in [0.25, 0.3) is 0 Å². The van der Waals surface area contributed by atoms with Crippen LogP contribution in [0.4, 0.5) is 5.00 Å². The lowest BCUT2D eigenvalue weighted by molar-refractivity contribution is -0.123. The molecule has 0 radical (unpaired) electrons. The molecule has 0 fully saturated rings. The number of nitrogens with one attached hydrogen (secondary N) is 1. The van der Waals surface area contributed by atoms with E-state index in [1.54, 1.807) is 26.2 Å². The number of anilines is 1. The topological polar surface area (TPSA) is 66.4 Å². The molecule has 1 amide bonds. The summed E-state index contributed by atoms with van der Waals surface area (Å²) < 4.78 is 0. The molecule has 22 heavy (non-hydrogen) atoms. The van der Waals surface area contributed by atoms with Crippen LogP contribution in [0.25, 0.3) is 11.1 Å². The van der Waals surface area contributed by atoms with Gasteiger partial charge in [-0.25, -0.2) is 4.79 Å². The molecule has 2 aromatic rings. The van der Waals surface area contributed by atoms with Crippen molar-refractivity contribution in [1.82, 2.24) is 0 Å². The number of carbonyl (C=O) groups excluding carboxylic acids is 1. The second-order valence-electron chi connectivity index (χ2n) is 6.23. The molecular formula is C17H19NO3S. The molecule has 1 heterocycles. The van der Waals surface area contributed by atoms with Crippen LogP contribution < -0.4 is 5.32 Å². The van der Waals surface area contributed by atoms with Crippen molar-refractivity contribution in [3.63, 3.8) is 0 Å². The summed E-state index contributed by atoms with van der Waals surface area (Å²) in [5.41, 5.74) is 2.13. The van der Waals surface area contributed by atoms with E-state index in [9.17, 15) is 14.7 Å². The van der Waals surface area contributed by atoms with Crippen LogP contribution in [0.15, 0.2) is 29.6 Å². The van der Waals surface area contributed by atoms with Crippen LogP contribution >= 0.6 is 11.3 Å². The lowest BCUT2D eigenvalue weighted by Gasteiger charge is -2.17. The number of benzene rings is 1. The Kier molecular flexibility index (Phi) is 4.37. The summed E-state index contributed by atoms with van der Waals surface area (Å²) in [6, 6.07) is 7.65. The summed E-state index contributed by atoms with van der Waals surface area (Å²) in [5.74, 6) is -1.24. The molecule has 0 saturated carbocycles. The Morgan fingerprint density at radius 3 is 2.23 bits per heavy atom. The van der Waals surface area contributed by atoms with Gasteiger partial charge >= 0.3 is 5.97 Å². The molecule has 4 nitrogen and oxygen atoms in total. The van der Waals surface area contributed by atoms with Gasteiger partial charge in [-0.15, -0.1) is 11.3 Å². The van der Waals surface area contributed by atoms with Crippen LogP contribution in [0, 0.1) is 12.3 Å². The number of aryl methyl sites for hydroxylation is 1. The zero-order valence-corrected chi connectivity index (χ0v) is 13.9. The first-order chi connectivity index (χ1) is 10.2. The van der Waals surface area contributed by atoms with Crippen molar-refractivity contribution in [2.45, 2.75) is 27.7 Å². The number of carboxylic acid groups (broad SMARTS) is 1. The van der Waals surface area contributed by atoms with Gasteiger partial charge in [0.1, 0.15) is 10.6 Å². The van der Waals surface area contributed by atoms with Crippen molar-refractivity contribution in [3.05, 3.63) is 40.8 Å². The van der Waals surface area contributed by atoms with Gasteiger partial charge in [0.2, 0.25) is 5.91 Å². The molecule has 0 bridgehead atoms. The normalized spacial score (nSPS) is 11.3. The first-order valence-corrected chi connectivity index (χ1v) is 7.81. The van der Waals surface area contributed by atoms with E-state index in [0.717, 1.165) is 11.1 Å². The second-order valence-corrected chi connectivity index (χ2v) is 7.11. The van der Waals surface area contributed by atoms with Gasteiger partial charge < -0.3 is 10.4 Å². The Balaban J connectivity index is 2.44. The molecule has 2 N–H and O–H groups in total. The van der Waals surface area contributed by atoms with Crippen molar-refractivity contribution < 1.29 is 14.7 Å². The Morgan fingerprint density at radius 1 is 1.14 bits per heavy atom. The molecular weight excluding hydrogens is 298 g/mol. The van der Waals surface area contributed by atoms with E-state index in [1.165, 1.54) is 11.3 Å². The third-order valence-electron chi connectivity index (χ3n) is 3.28. The smallest absolute Gasteiger partial charge is 0.339 e. The second kappa shape index (κ2) is 5.93. The number of hydrogen-bond acceptors (Lipinski definition) is 3. The zero-order chi connectivity index (χ0) is 16.5. The van der Waals surface area contributed by atoms with Gasteiger partial charge in [-0.1, -0.05) is 50.6 Å². The highest BCUT2D eigenvalue weighted by Gasteiger charge is 2.26. The van der Waals surface area contributed by atoms with Gasteiger partial charge in [0.05, 0.1) is 0 Å². The fourth-order valence-electron chi connectivity index (χ4n) is 1.90. The van der Waals surface area contributed by atoms with Gasteiger partial charge in [-0.2, -0.15) is 0 Å². The Bertz CT molecular complexity index is 708. The Morgan fingerprint density at radius 2 is 1.73 bits per heavy atom. The predicted octanol–water partition coefficient (Wildman–Crippen LogP) is 4.41. The standard InChI is InChI=1S/C17H19NO3S/c1-10-5-7-11(8-6-10)12-9-22-14(13(12)15(19)20)18-16(21)17(2,3)4/h5-9H,1-4H3,(H,18,21)(H,19,20). The van der Waals surface area contributed by atoms with E-state index >= 15 is 0 Å². The van der Waals surface area contributed by atoms with Crippen LogP contribution in [-0.2, 0) is 4.79 Å². The van der Waals surface area contributed by atoms with Crippen LogP contribution in [-0.4, -0.2) is 17.0 Å². The minimum atomic E-state index is -1.04. The van der Waals surface area contributed by atoms with Gasteiger partial charge in [0.15, 0.2) is 0 Å². The Hall–Kier alpha value is -2.14. The van der Waals surface area contributed by atoms with Crippen LogP contribution in [0.2, 0.25) is 0 Å². The van der Waals surface area contributed by atoms with Gasteiger partial charge in [-0.3, -0.25) is 4.79 Å². The van der Waals surface area contributed by atoms with Crippen LogP contribution in [0.5, 0.6) is 0 Å². The number of hydrogen-bond donors (Lipinski definition) is 2. The maximum absolute atomic E-state index is 12.1. The number of rotatable bonds is 3. The molecule has 1 aromatic heterocycles. The minimum Gasteiger partial charge on any atom is -0.478 e. The summed E-state index contributed by atoms with van der Waals surface area (Å²) in [6.07, 6.45) is 0. The summed E-state index contributed by atoms with van der Waals surface area (Å²) in [4.78, 5) is 23.7. The van der Waals surface area contributed by atoms with Crippen LogP contribution in [0.1, 0.15) is 36.7 Å². The number of amides is 1. The van der Waals surface area contributed by atoms with E-state index in [2.05, 4.69) is 5.32 Å². The van der Waals surface area contributed by atoms with E-state index in [-0.39, 0.29) is 11.5 Å². The molecule has 1 aromatic carbocycles. The van der Waals surface area contributed by atoms with Gasteiger partial charge in [0, 0.05) is 16.4 Å². The van der Waals surface area contributed by atoms with Crippen molar-refractivity contribution in [1.29, 1.82) is 0 Å². The average Bonchev–Trinajstić information content (AvgIpc) is 2.82. The average molecular weight is 317 g/mol. The van der Waals surface area contributed by atoms with Crippen molar-refractivity contribution in [3.8, 4) is 11.1 Å². The zero-order valence-electron chi connectivity index (χ0n) is 13.1. The molecule has 0 aliphatic rings. The van der Waals surface area contributed by atoms with Crippen molar-refractivity contribution >= 4 is 28.2 Å². The van der Waals surface area contributed by atoms with Gasteiger partial charge in [-0.05, 0) is 12.5 Å². The van der Waals surface area contributed by atoms with Crippen molar-refractivity contribution in [2.75, 3.05) is 5.32 Å². The fourth-order valence-corrected chi connectivity index (χ4v) is 2.85. The fraction of sp³-hybridized carbons (Fsp3) is 0.294. The highest BCUT2D eigenvalue weighted by atomic mass is 32.1. The van der Waals surface area contributed by atoms with E-state index in [0.29, 0.717) is 10.6 Å². The highest BCUT2D eigenvalue weighted by molar-refractivity contribution is 7.15. The van der Waals surface area contributed by atoms with Crippen molar-refractivity contribution in [2.24, 2.45) is 5.41 Å². The number of carboxylic acids is 1.